The highest BCUT2D eigenvalue weighted by atomic mass is 16.4. The largest absolute Gasteiger partial charge is 0.480 e. The predicted octanol–water partition coefficient (Wildman–Crippen LogP) is 1.79. The quantitative estimate of drug-likeness (QED) is 0.774. The standard InChI is InChI=1S/C15H23N5O3/c1-8(2)6-10(13(22)23)17-14-18-11-9(12(21)19-14)7-16-20(11)15(3,4)5/h7-8,10H,6H2,1-5H3,(H,22,23)(H2,17,18,19,21). The van der Waals surface area contributed by atoms with Crippen molar-refractivity contribution in [3.63, 3.8) is 0 Å². The van der Waals surface area contributed by atoms with E-state index in [1.165, 1.54) is 6.20 Å². The molecule has 0 aliphatic carbocycles. The van der Waals surface area contributed by atoms with Gasteiger partial charge in [0.05, 0.1) is 11.7 Å². The molecule has 2 rings (SSSR count). The van der Waals surface area contributed by atoms with E-state index in [1.54, 1.807) is 4.68 Å². The average Bonchev–Trinajstić information content (AvgIpc) is 2.81. The molecule has 2 aromatic heterocycles. The smallest absolute Gasteiger partial charge is 0.326 e. The lowest BCUT2D eigenvalue weighted by atomic mass is 10.0. The van der Waals surface area contributed by atoms with Crippen molar-refractivity contribution in [3.8, 4) is 0 Å². The number of nitrogens with one attached hydrogen (secondary N) is 2. The van der Waals surface area contributed by atoms with E-state index in [0.717, 1.165) is 0 Å². The van der Waals surface area contributed by atoms with Gasteiger partial charge >= 0.3 is 5.97 Å². The Morgan fingerprint density at radius 3 is 2.61 bits per heavy atom. The maximum atomic E-state index is 12.2. The molecular formula is C15H23N5O3. The van der Waals surface area contributed by atoms with Crippen LogP contribution in [0.1, 0.15) is 41.0 Å². The highest BCUT2D eigenvalue weighted by Crippen LogP contribution is 2.19. The first-order chi connectivity index (χ1) is 10.6. The highest BCUT2D eigenvalue weighted by Gasteiger charge is 2.22. The molecule has 0 aromatic carbocycles. The van der Waals surface area contributed by atoms with Crippen molar-refractivity contribution in [1.29, 1.82) is 0 Å². The molecule has 1 unspecified atom stereocenters. The van der Waals surface area contributed by atoms with E-state index in [2.05, 4.69) is 20.4 Å². The van der Waals surface area contributed by atoms with Gasteiger partial charge in [-0.3, -0.25) is 9.78 Å². The molecule has 3 N–H and O–H groups in total. The third-order valence-electron chi connectivity index (χ3n) is 3.39. The van der Waals surface area contributed by atoms with Crippen LogP contribution < -0.4 is 10.9 Å². The number of aliphatic carboxylic acids is 1. The Bertz CT molecular complexity index is 769. The molecule has 2 aromatic rings. The minimum absolute atomic E-state index is 0.140. The second kappa shape index (κ2) is 6.02. The third kappa shape index (κ3) is 3.69. The lowest BCUT2D eigenvalue weighted by Crippen LogP contribution is -2.32. The summed E-state index contributed by atoms with van der Waals surface area (Å²) in [5.41, 5.74) is -0.261. The molecule has 23 heavy (non-hydrogen) atoms. The van der Waals surface area contributed by atoms with Crippen LogP contribution in [0.15, 0.2) is 11.0 Å². The van der Waals surface area contributed by atoms with Crippen LogP contribution in [-0.2, 0) is 10.3 Å². The summed E-state index contributed by atoms with van der Waals surface area (Å²) in [7, 11) is 0. The molecule has 2 heterocycles. The van der Waals surface area contributed by atoms with Crippen LogP contribution in [0.3, 0.4) is 0 Å². The first-order valence-corrected chi connectivity index (χ1v) is 7.57. The van der Waals surface area contributed by atoms with Gasteiger partial charge in [-0.1, -0.05) is 13.8 Å². The summed E-state index contributed by atoms with van der Waals surface area (Å²) in [4.78, 5) is 30.5. The Morgan fingerprint density at radius 1 is 1.43 bits per heavy atom. The minimum atomic E-state index is -0.981. The summed E-state index contributed by atoms with van der Waals surface area (Å²) >= 11 is 0. The van der Waals surface area contributed by atoms with Gasteiger partial charge in [-0.25, -0.2) is 9.48 Å². The van der Waals surface area contributed by atoms with Gasteiger partial charge in [-0.05, 0) is 33.1 Å². The second-order valence-electron chi connectivity index (χ2n) is 7.04. The summed E-state index contributed by atoms with van der Waals surface area (Å²) in [6.07, 6.45) is 1.90. The number of aromatic nitrogens is 4. The fourth-order valence-corrected chi connectivity index (χ4v) is 2.34. The number of H-pyrrole nitrogens is 1. The molecular weight excluding hydrogens is 298 g/mol. The minimum Gasteiger partial charge on any atom is -0.480 e. The zero-order valence-corrected chi connectivity index (χ0v) is 14.0. The SMILES string of the molecule is CC(C)CC(Nc1nc2c(cnn2C(C)(C)C)c(=O)[nH]1)C(=O)O. The second-order valence-corrected chi connectivity index (χ2v) is 7.04. The van der Waals surface area contributed by atoms with Gasteiger partial charge in [0.1, 0.15) is 11.4 Å². The molecule has 0 aliphatic heterocycles. The number of carboxylic acid groups (broad SMARTS) is 1. The summed E-state index contributed by atoms with van der Waals surface area (Å²) < 4.78 is 1.65. The molecule has 126 valence electrons. The Hall–Kier alpha value is -2.38. The molecule has 8 nitrogen and oxygen atoms in total. The van der Waals surface area contributed by atoms with Crippen molar-refractivity contribution in [2.45, 2.75) is 52.6 Å². The van der Waals surface area contributed by atoms with E-state index in [4.69, 9.17) is 0 Å². The predicted molar refractivity (Wildman–Crippen MR) is 87.6 cm³/mol. The van der Waals surface area contributed by atoms with Crippen molar-refractivity contribution < 1.29 is 9.90 Å². The molecule has 1 atom stereocenters. The molecule has 0 spiro atoms. The molecule has 0 bridgehead atoms. The lowest BCUT2D eigenvalue weighted by molar-refractivity contribution is -0.138. The Balaban J connectivity index is 2.46. The fourth-order valence-electron chi connectivity index (χ4n) is 2.34. The molecule has 0 radical (unpaired) electrons. The summed E-state index contributed by atoms with van der Waals surface area (Å²) in [5, 5.41) is 16.7. The number of fused-ring (bicyclic) bond motifs is 1. The Kier molecular flexibility index (Phi) is 4.44. The zero-order chi connectivity index (χ0) is 17.4. The number of carbonyl (C=O) groups is 1. The van der Waals surface area contributed by atoms with Crippen molar-refractivity contribution in [2.75, 3.05) is 5.32 Å². The molecule has 0 amide bonds. The van der Waals surface area contributed by atoms with Gasteiger partial charge in [-0.2, -0.15) is 10.1 Å². The maximum Gasteiger partial charge on any atom is 0.326 e. The van der Waals surface area contributed by atoms with E-state index in [0.29, 0.717) is 17.5 Å². The van der Waals surface area contributed by atoms with E-state index in [-0.39, 0.29) is 23.0 Å². The van der Waals surface area contributed by atoms with E-state index in [9.17, 15) is 14.7 Å². The van der Waals surface area contributed by atoms with Crippen molar-refractivity contribution in [1.82, 2.24) is 19.7 Å². The first kappa shape index (κ1) is 17.0. The summed E-state index contributed by atoms with van der Waals surface area (Å²) in [6.45, 7) is 9.73. The molecule has 0 aliphatic rings. The first-order valence-electron chi connectivity index (χ1n) is 7.57. The van der Waals surface area contributed by atoms with Crippen LogP contribution >= 0.6 is 0 Å². The van der Waals surface area contributed by atoms with E-state index >= 15 is 0 Å². The van der Waals surface area contributed by atoms with Crippen LogP contribution in [0.5, 0.6) is 0 Å². The monoisotopic (exact) mass is 321 g/mol. The molecule has 0 saturated heterocycles. The summed E-state index contributed by atoms with van der Waals surface area (Å²) in [6, 6.07) is -0.818. The maximum absolute atomic E-state index is 12.2. The summed E-state index contributed by atoms with van der Waals surface area (Å²) in [5.74, 6) is -0.647. The van der Waals surface area contributed by atoms with Gasteiger partial charge < -0.3 is 10.4 Å². The van der Waals surface area contributed by atoms with Gasteiger partial charge in [-0.15, -0.1) is 0 Å². The van der Waals surface area contributed by atoms with E-state index < -0.39 is 12.0 Å². The van der Waals surface area contributed by atoms with E-state index in [1.807, 2.05) is 34.6 Å². The lowest BCUT2D eigenvalue weighted by Gasteiger charge is -2.20. The number of hydrogen-bond acceptors (Lipinski definition) is 5. The number of nitrogens with zero attached hydrogens (tertiary/aromatic N) is 3. The fraction of sp³-hybridized carbons (Fsp3) is 0.600. The van der Waals surface area contributed by atoms with Crippen LogP contribution in [0.25, 0.3) is 11.0 Å². The zero-order valence-electron chi connectivity index (χ0n) is 14.0. The number of hydrogen-bond donors (Lipinski definition) is 3. The van der Waals surface area contributed by atoms with Crippen LogP contribution in [-0.4, -0.2) is 36.9 Å². The number of anilines is 1. The molecule has 0 fully saturated rings. The highest BCUT2D eigenvalue weighted by molar-refractivity contribution is 5.78. The van der Waals surface area contributed by atoms with Crippen LogP contribution in [0.4, 0.5) is 5.95 Å². The third-order valence-corrected chi connectivity index (χ3v) is 3.39. The van der Waals surface area contributed by atoms with Crippen molar-refractivity contribution in [3.05, 3.63) is 16.6 Å². The Morgan fingerprint density at radius 2 is 2.09 bits per heavy atom. The van der Waals surface area contributed by atoms with Crippen LogP contribution in [0.2, 0.25) is 0 Å². The topological polar surface area (TPSA) is 113 Å². The van der Waals surface area contributed by atoms with Crippen molar-refractivity contribution >= 4 is 23.0 Å². The average molecular weight is 321 g/mol. The number of carboxylic acids is 1. The molecule has 0 saturated carbocycles. The van der Waals surface area contributed by atoms with Crippen molar-refractivity contribution in [2.24, 2.45) is 5.92 Å². The van der Waals surface area contributed by atoms with Gasteiger partial charge in [0.15, 0.2) is 5.65 Å². The molecule has 8 heteroatoms. The van der Waals surface area contributed by atoms with Gasteiger partial charge in [0.2, 0.25) is 5.95 Å². The van der Waals surface area contributed by atoms with Crippen LogP contribution in [0, 0.1) is 5.92 Å². The van der Waals surface area contributed by atoms with Gasteiger partial charge in [0, 0.05) is 0 Å². The normalized spacial score (nSPS) is 13.5. The number of aromatic amines is 1. The Labute approximate surface area is 133 Å². The van der Waals surface area contributed by atoms with Gasteiger partial charge in [0.25, 0.3) is 5.56 Å². The number of rotatable bonds is 5.